The lowest BCUT2D eigenvalue weighted by Gasteiger charge is -2.04. The van der Waals surface area contributed by atoms with Crippen molar-refractivity contribution in [2.45, 2.75) is 12.5 Å². The fourth-order valence-electron chi connectivity index (χ4n) is 0.841. The SMILES string of the molecule is CN1C(=O)CC(NF)C1=O. The van der Waals surface area contributed by atoms with Crippen molar-refractivity contribution < 1.29 is 14.1 Å². The number of likely N-dealkylation sites (N-methyl/N-ethyl adjacent to an activating group) is 1. The maximum Gasteiger partial charge on any atom is 0.249 e. The van der Waals surface area contributed by atoms with Gasteiger partial charge in [-0.2, -0.15) is 0 Å². The number of rotatable bonds is 1. The molecule has 0 saturated carbocycles. The highest BCUT2D eigenvalue weighted by molar-refractivity contribution is 6.05. The number of likely N-dealkylation sites (tertiary alicyclic amines) is 1. The van der Waals surface area contributed by atoms with Gasteiger partial charge in [0.1, 0.15) is 6.04 Å². The molecule has 10 heavy (non-hydrogen) atoms. The van der Waals surface area contributed by atoms with Gasteiger partial charge in [0, 0.05) is 7.05 Å². The third-order valence-corrected chi connectivity index (χ3v) is 1.51. The lowest BCUT2D eigenvalue weighted by Crippen LogP contribution is -2.32. The summed E-state index contributed by atoms with van der Waals surface area (Å²) in [6.07, 6.45) is -0.0775. The first-order valence-corrected chi connectivity index (χ1v) is 2.83. The zero-order chi connectivity index (χ0) is 7.72. The van der Waals surface area contributed by atoms with Crippen molar-refractivity contribution >= 4 is 11.8 Å². The number of carbonyl (C=O) groups excluding carboxylic acids is 2. The molecule has 1 heterocycles. The largest absolute Gasteiger partial charge is 0.284 e. The Bertz CT molecular complexity index is 182. The van der Waals surface area contributed by atoms with Gasteiger partial charge in [-0.05, 0) is 0 Å². The van der Waals surface area contributed by atoms with E-state index in [9.17, 15) is 14.1 Å². The van der Waals surface area contributed by atoms with Crippen molar-refractivity contribution in [1.29, 1.82) is 0 Å². The minimum atomic E-state index is -0.961. The predicted octanol–water partition coefficient (Wildman–Crippen LogP) is -0.782. The predicted molar refractivity (Wildman–Crippen MR) is 30.4 cm³/mol. The molecule has 0 aromatic heterocycles. The second-order valence-electron chi connectivity index (χ2n) is 2.16. The van der Waals surface area contributed by atoms with E-state index in [1.165, 1.54) is 12.6 Å². The molecule has 1 atom stereocenters. The van der Waals surface area contributed by atoms with Crippen molar-refractivity contribution in [3.63, 3.8) is 0 Å². The van der Waals surface area contributed by atoms with Crippen LogP contribution in [-0.4, -0.2) is 29.8 Å². The summed E-state index contributed by atoms with van der Waals surface area (Å²) in [5.41, 5.74) is 1.26. The molecule has 1 N–H and O–H groups in total. The Morgan fingerprint density at radius 1 is 1.70 bits per heavy atom. The van der Waals surface area contributed by atoms with Crippen LogP contribution in [0.25, 0.3) is 0 Å². The summed E-state index contributed by atoms with van der Waals surface area (Å²) >= 11 is 0. The first kappa shape index (κ1) is 7.14. The summed E-state index contributed by atoms with van der Waals surface area (Å²) < 4.78 is 11.6. The highest BCUT2D eigenvalue weighted by Crippen LogP contribution is 2.09. The molecule has 1 saturated heterocycles. The van der Waals surface area contributed by atoms with Crippen LogP contribution in [0.5, 0.6) is 0 Å². The lowest BCUT2D eigenvalue weighted by atomic mass is 10.3. The van der Waals surface area contributed by atoms with Gasteiger partial charge in [-0.15, -0.1) is 10.0 Å². The average molecular weight is 146 g/mol. The van der Waals surface area contributed by atoms with Crippen LogP contribution in [0.3, 0.4) is 0 Å². The highest BCUT2D eigenvalue weighted by Gasteiger charge is 2.35. The Labute approximate surface area is 56.9 Å². The van der Waals surface area contributed by atoms with E-state index in [1.54, 1.807) is 0 Å². The fraction of sp³-hybridized carbons (Fsp3) is 0.600. The summed E-state index contributed by atoms with van der Waals surface area (Å²) in [5, 5.41) is 0. The summed E-state index contributed by atoms with van der Waals surface area (Å²) in [6, 6.07) is -0.961. The number of nitrogens with one attached hydrogen (secondary N) is 1. The smallest absolute Gasteiger partial charge is 0.249 e. The molecular formula is C5H7FN2O2. The molecule has 2 amide bonds. The number of amides is 2. The number of nitrogens with zero attached hydrogens (tertiary/aromatic N) is 1. The molecule has 0 aromatic carbocycles. The summed E-state index contributed by atoms with van der Waals surface area (Å²) in [6.45, 7) is 0. The number of hydrogen-bond donors (Lipinski definition) is 1. The molecule has 4 nitrogen and oxygen atoms in total. The highest BCUT2D eigenvalue weighted by atomic mass is 19.2. The Kier molecular flexibility index (Phi) is 1.67. The van der Waals surface area contributed by atoms with Crippen LogP contribution in [0.1, 0.15) is 6.42 Å². The molecule has 56 valence electrons. The molecule has 0 aromatic rings. The van der Waals surface area contributed by atoms with Crippen molar-refractivity contribution in [1.82, 2.24) is 10.4 Å². The monoisotopic (exact) mass is 146 g/mol. The van der Waals surface area contributed by atoms with E-state index in [0.717, 1.165) is 4.90 Å². The first-order valence-electron chi connectivity index (χ1n) is 2.83. The van der Waals surface area contributed by atoms with Crippen LogP contribution in [0.15, 0.2) is 0 Å². The second kappa shape index (κ2) is 2.34. The van der Waals surface area contributed by atoms with Gasteiger partial charge in [0.15, 0.2) is 0 Å². The molecule has 0 aliphatic carbocycles. The van der Waals surface area contributed by atoms with E-state index < -0.39 is 11.9 Å². The Hall–Kier alpha value is -0.970. The first-order chi connectivity index (χ1) is 4.66. The molecule has 0 radical (unpaired) electrons. The summed E-state index contributed by atoms with van der Waals surface area (Å²) in [7, 11) is 1.34. The molecule has 1 aliphatic heterocycles. The Balaban J connectivity index is 2.71. The van der Waals surface area contributed by atoms with Gasteiger partial charge in [0.2, 0.25) is 11.8 Å². The number of halogens is 1. The standard InChI is InChI=1S/C5H7FN2O2/c1-8-4(9)2-3(7-6)5(8)10/h3,7H,2H2,1H3. The number of imide groups is 1. The molecule has 1 rings (SSSR count). The van der Waals surface area contributed by atoms with Crippen molar-refractivity contribution in [2.75, 3.05) is 7.05 Å². The zero-order valence-corrected chi connectivity index (χ0v) is 5.43. The Morgan fingerprint density at radius 2 is 2.30 bits per heavy atom. The molecule has 5 heteroatoms. The van der Waals surface area contributed by atoms with E-state index in [1.807, 2.05) is 0 Å². The maximum absolute atomic E-state index is 11.6. The topological polar surface area (TPSA) is 49.4 Å². The molecule has 0 bridgehead atoms. The molecule has 0 spiro atoms. The van der Waals surface area contributed by atoms with E-state index in [4.69, 9.17) is 0 Å². The van der Waals surface area contributed by atoms with E-state index in [-0.39, 0.29) is 12.3 Å². The van der Waals surface area contributed by atoms with E-state index >= 15 is 0 Å². The zero-order valence-electron chi connectivity index (χ0n) is 5.43. The minimum Gasteiger partial charge on any atom is -0.284 e. The van der Waals surface area contributed by atoms with E-state index in [0.29, 0.717) is 0 Å². The van der Waals surface area contributed by atoms with Crippen LogP contribution >= 0.6 is 0 Å². The fourth-order valence-corrected chi connectivity index (χ4v) is 0.841. The van der Waals surface area contributed by atoms with Crippen molar-refractivity contribution in [3.8, 4) is 0 Å². The lowest BCUT2D eigenvalue weighted by molar-refractivity contribution is -0.137. The van der Waals surface area contributed by atoms with Crippen molar-refractivity contribution in [3.05, 3.63) is 0 Å². The minimum absolute atomic E-state index is 0.0775. The van der Waals surface area contributed by atoms with Gasteiger partial charge in [-0.25, -0.2) is 0 Å². The number of carbonyl (C=O) groups is 2. The number of hydrogen-bond acceptors (Lipinski definition) is 3. The molecule has 1 fully saturated rings. The van der Waals surface area contributed by atoms with Gasteiger partial charge in [0.25, 0.3) is 0 Å². The maximum atomic E-state index is 11.6. The third kappa shape index (κ3) is 0.881. The molecule has 1 aliphatic rings. The second-order valence-corrected chi connectivity index (χ2v) is 2.16. The van der Waals surface area contributed by atoms with Gasteiger partial charge < -0.3 is 0 Å². The molecular weight excluding hydrogens is 139 g/mol. The van der Waals surface area contributed by atoms with Crippen LogP contribution in [0.2, 0.25) is 0 Å². The normalized spacial score (nSPS) is 26.2. The van der Waals surface area contributed by atoms with Crippen LogP contribution in [-0.2, 0) is 9.59 Å². The molecule has 1 unspecified atom stereocenters. The van der Waals surface area contributed by atoms with Gasteiger partial charge in [-0.1, -0.05) is 0 Å². The van der Waals surface area contributed by atoms with Crippen LogP contribution in [0.4, 0.5) is 4.48 Å². The Morgan fingerprint density at radius 3 is 2.50 bits per heavy atom. The quantitative estimate of drug-likeness (QED) is 0.390. The van der Waals surface area contributed by atoms with Crippen LogP contribution in [0, 0.1) is 0 Å². The summed E-state index contributed by atoms with van der Waals surface area (Å²) in [5.74, 6) is -0.854. The average Bonchev–Trinajstić information content (AvgIpc) is 2.17. The van der Waals surface area contributed by atoms with Crippen LogP contribution < -0.4 is 5.54 Å². The van der Waals surface area contributed by atoms with Crippen molar-refractivity contribution in [2.24, 2.45) is 0 Å². The van der Waals surface area contributed by atoms with E-state index in [2.05, 4.69) is 0 Å². The summed E-state index contributed by atoms with van der Waals surface area (Å²) in [4.78, 5) is 22.3. The van der Waals surface area contributed by atoms with Gasteiger partial charge >= 0.3 is 0 Å². The van der Waals surface area contributed by atoms with Gasteiger partial charge in [-0.3, -0.25) is 14.5 Å². The van der Waals surface area contributed by atoms with Gasteiger partial charge in [0.05, 0.1) is 6.42 Å². The third-order valence-electron chi connectivity index (χ3n) is 1.51.